The highest BCUT2D eigenvalue weighted by atomic mass is 16.3. The first-order valence-electron chi connectivity index (χ1n) is 19.0. The minimum absolute atomic E-state index is 0.558. The second-order valence-corrected chi connectivity index (χ2v) is 13.9. The van der Waals surface area contributed by atoms with Gasteiger partial charge in [-0.2, -0.15) is 0 Å². The SMILES string of the molecule is c1ccc(C(=C(c2ccccc2)c2cccc(-c3nc(-c4cccc(-c5cccnc5)c4)nc(-c4ccc5c(c4)oc4ccccc45)n3)c2)c2ccccc2)cc1. The Balaban J connectivity index is 1.18. The van der Waals surface area contributed by atoms with Crippen LogP contribution in [0.5, 0.6) is 0 Å². The van der Waals surface area contributed by atoms with Crippen LogP contribution in [0.25, 0.3) is 78.4 Å². The van der Waals surface area contributed by atoms with Crippen LogP contribution in [-0.4, -0.2) is 19.9 Å². The van der Waals surface area contributed by atoms with E-state index in [4.69, 9.17) is 19.4 Å². The molecule has 10 rings (SSSR count). The van der Waals surface area contributed by atoms with Crippen molar-refractivity contribution in [3.05, 3.63) is 229 Å². The van der Waals surface area contributed by atoms with Crippen LogP contribution < -0.4 is 0 Å². The standard InChI is InChI=1S/C52H34N4O/c1-4-15-35(16-5-1)48(36-17-6-2-7-18-36)49(37-19-8-3-9-20-37)39-22-13-24-41(32-39)51-54-50(40-23-12-21-38(31-40)43-25-14-30-53-34-43)55-52(56-51)42-28-29-45-44-26-10-11-27-46(44)57-47(45)33-42/h1-34H. The monoisotopic (exact) mass is 730 g/mol. The summed E-state index contributed by atoms with van der Waals surface area (Å²) in [5.41, 5.74) is 12.9. The van der Waals surface area contributed by atoms with Crippen LogP contribution in [0.1, 0.15) is 22.3 Å². The molecule has 0 aliphatic rings. The fraction of sp³-hybridized carbons (Fsp3) is 0. The number of fused-ring (bicyclic) bond motifs is 3. The third-order valence-electron chi connectivity index (χ3n) is 10.2. The number of benzene rings is 7. The van der Waals surface area contributed by atoms with Crippen molar-refractivity contribution in [2.45, 2.75) is 0 Å². The van der Waals surface area contributed by atoms with Crippen molar-refractivity contribution in [2.75, 3.05) is 0 Å². The van der Waals surface area contributed by atoms with Crippen molar-refractivity contribution < 1.29 is 4.42 Å². The van der Waals surface area contributed by atoms with Crippen molar-refractivity contribution in [1.82, 2.24) is 19.9 Å². The Hall–Kier alpha value is -7.76. The summed E-state index contributed by atoms with van der Waals surface area (Å²) in [6.45, 7) is 0. The highest BCUT2D eigenvalue weighted by Gasteiger charge is 2.19. The zero-order valence-electron chi connectivity index (χ0n) is 30.8. The topological polar surface area (TPSA) is 64.7 Å². The normalized spacial score (nSPS) is 11.2. The van der Waals surface area contributed by atoms with Crippen LogP contribution in [0.2, 0.25) is 0 Å². The zero-order valence-corrected chi connectivity index (χ0v) is 30.8. The van der Waals surface area contributed by atoms with Gasteiger partial charge in [0.25, 0.3) is 0 Å². The lowest BCUT2D eigenvalue weighted by molar-refractivity contribution is 0.669. The van der Waals surface area contributed by atoms with E-state index in [-0.39, 0.29) is 0 Å². The highest BCUT2D eigenvalue weighted by molar-refractivity contribution is 6.06. The van der Waals surface area contributed by atoms with Gasteiger partial charge in [0.2, 0.25) is 0 Å². The lowest BCUT2D eigenvalue weighted by Gasteiger charge is -2.18. The van der Waals surface area contributed by atoms with Gasteiger partial charge in [0.1, 0.15) is 11.2 Å². The van der Waals surface area contributed by atoms with Gasteiger partial charge in [0.15, 0.2) is 17.5 Å². The average Bonchev–Trinajstić information content (AvgIpc) is 3.67. The number of rotatable bonds is 8. The molecule has 0 fully saturated rings. The molecule has 0 aliphatic heterocycles. The third kappa shape index (κ3) is 6.68. The molecule has 3 aromatic heterocycles. The van der Waals surface area contributed by atoms with E-state index in [0.717, 1.165) is 83.2 Å². The summed E-state index contributed by atoms with van der Waals surface area (Å²) in [6.07, 6.45) is 3.65. The van der Waals surface area contributed by atoms with Crippen LogP contribution in [0.15, 0.2) is 211 Å². The summed E-state index contributed by atoms with van der Waals surface area (Å²) in [5.74, 6) is 1.70. The fourth-order valence-corrected chi connectivity index (χ4v) is 7.54. The first-order chi connectivity index (χ1) is 28.2. The maximum Gasteiger partial charge on any atom is 0.164 e. The smallest absolute Gasteiger partial charge is 0.164 e. The summed E-state index contributed by atoms with van der Waals surface area (Å²) in [6, 6.07) is 66.9. The second-order valence-electron chi connectivity index (χ2n) is 13.9. The molecule has 0 aliphatic carbocycles. The molecule has 0 amide bonds. The molecule has 268 valence electrons. The van der Waals surface area contributed by atoms with Gasteiger partial charge in [-0.05, 0) is 75.4 Å². The molecule has 0 saturated heterocycles. The zero-order chi connectivity index (χ0) is 38.0. The number of pyridine rings is 1. The van der Waals surface area contributed by atoms with E-state index < -0.39 is 0 Å². The predicted molar refractivity (Wildman–Crippen MR) is 231 cm³/mol. The molecule has 0 radical (unpaired) electrons. The first-order valence-corrected chi connectivity index (χ1v) is 19.0. The van der Waals surface area contributed by atoms with E-state index in [0.29, 0.717) is 17.5 Å². The lowest BCUT2D eigenvalue weighted by atomic mass is 9.85. The number of hydrogen-bond acceptors (Lipinski definition) is 5. The molecule has 5 nitrogen and oxygen atoms in total. The van der Waals surface area contributed by atoms with Crippen LogP contribution in [-0.2, 0) is 0 Å². The minimum Gasteiger partial charge on any atom is -0.456 e. The largest absolute Gasteiger partial charge is 0.456 e. The van der Waals surface area contributed by atoms with Gasteiger partial charge in [0, 0.05) is 45.4 Å². The van der Waals surface area contributed by atoms with Crippen molar-refractivity contribution in [2.24, 2.45) is 0 Å². The average molecular weight is 731 g/mol. The summed E-state index contributed by atoms with van der Waals surface area (Å²) < 4.78 is 6.31. The molecule has 0 bridgehead atoms. The molecule has 57 heavy (non-hydrogen) atoms. The summed E-state index contributed by atoms with van der Waals surface area (Å²) in [7, 11) is 0. The van der Waals surface area contributed by atoms with Gasteiger partial charge in [0.05, 0.1) is 0 Å². The van der Waals surface area contributed by atoms with Gasteiger partial charge in [-0.1, -0.05) is 158 Å². The molecule has 0 spiro atoms. The van der Waals surface area contributed by atoms with Crippen molar-refractivity contribution >= 4 is 33.1 Å². The quantitative estimate of drug-likeness (QED) is 0.146. The molecule has 10 aromatic rings. The Morgan fingerprint density at radius 1 is 0.333 bits per heavy atom. The summed E-state index contributed by atoms with van der Waals surface area (Å²) in [4.78, 5) is 19.8. The van der Waals surface area contributed by atoms with Crippen LogP contribution >= 0.6 is 0 Å². The maximum absolute atomic E-state index is 6.31. The number of furan rings is 1. The van der Waals surface area contributed by atoms with E-state index in [2.05, 4.69) is 157 Å². The van der Waals surface area contributed by atoms with E-state index >= 15 is 0 Å². The van der Waals surface area contributed by atoms with Gasteiger partial charge in [-0.15, -0.1) is 0 Å². The van der Waals surface area contributed by atoms with Gasteiger partial charge in [-0.3, -0.25) is 4.98 Å². The van der Waals surface area contributed by atoms with E-state index in [9.17, 15) is 0 Å². The van der Waals surface area contributed by atoms with Crippen LogP contribution in [0.3, 0.4) is 0 Å². The van der Waals surface area contributed by atoms with E-state index in [1.807, 2.05) is 48.7 Å². The Labute approximate surface area is 330 Å². The molecule has 0 N–H and O–H groups in total. The number of nitrogens with zero attached hydrogens (tertiary/aromatic N) is 4. The molecule has 0 atom stereocenters. The Kier molecular flexibility index (Phi) is 8.78. The Morgan fingerprint density at radius 3 is 1.46 bits per heavy atom. The third-order valence-corrected chi connectivity index (χ3v) is 10.2. The molecule has 3 heterocycles. The molecular weight excluding hydrogens is 697 g/mol. The molecule has 5 heteroatoms. The predicted octanol–water partition coefficient (Wildman–Crippen LogP) is 12.8. The summed E-state index contributed by atoms with van der Waals surface area (Å²) >= 11 is 0. The van der Waals surface area contributed by atoms with Crippen LogP contribution in [0, 0.1) is 0 Å². The number of hydrogen-bond donors (Lipinski definition) is 0. The van der Waals surface area contributed by atoms with Crippen molar-refractivity contribution in [3.63, 3.8) is 0 Å². The van der Waals surface area contributed by atoms with E-state index in [1.165, 1.54) is 0 Å². The van der Waals surface area contributed by atoms with Gasteiger partial charge < -0.3 is 4.42 Å². The number of aromatic nitrogens is 4. The van der Waals surface area contributed by atoms with Crippen molar-refractivity contribution in [1.29, 1.82) is 0 Å². The minimum atomic E-state index is 0.558. The Bertz CT molecular complexity index is 3010. The van der Waals surface area contributed by atoms with E-state index in [1.54, 1.807) is 6.20 Å². The van der Waals surface area contributed by atoms with Crippen molar-refractivity contribution in [3.8, 4) is 45.3 Å². The first kappa shape index (κ1) is 33.8. The highest BCUT2D eigenvalue weighted by Crippen LogP contribution is 2.39. The molecular formula is C52H34N4O. The Morgan fingerprint density at radius 2 is 0.825 bits per heavy atom. The molecule has 0 unspecified atom stereocenters. The maximum atomic E-state index is 6.31. The summed E-state index contributed by atoms with van der Waals surface area (Å²) in [5, 5.41) is 2.13. The lowest BCUT2D eigenvalue weighted by Crippen LogP contribution is -2.01. The number of para-hydroxylation sites is 1. The van der Waals surface area contributed by atoms with Gasteiger partial charge in [-0.25, -0.2) is 15.0 Å². The fourth-order valence-electron chi connectivity index (χ4n) is 7.54. The molecule has 0 saturated carbocycles. The van der Waals surface area contributed by atoms with Crippen LogP contribution in [0.4, 0.5) is 0 Å². The van der Waals surface area contributed by atoms with Gasteiger partial charge >= 0.3 is 0 Å². The second kappa shape index (κ2) is 14.8. The molecule has 7 aromatic carbocycles.